The highest BCUT2D eigenvalue weighted by molar-refractivity contribution is 5.92. The monoisotopic (exact) mass is 251 g/mol. The summed E-state index contributed by atoms with van der Waals surface area (Å²) in [7, 11) is 0. The van der Waals surface area contributed by atoms with Crippen molar-refractivity contribution in [3.05, 3.63) is 29.7 Å². The summed E-state index contributed by atoms with van der Waals surface area (Å²) in [5.74, 6) is -1.75. The van der Waals surface area contributed by atoms with Crippen LogP contribution in [-0.4, -0.2) is 20.7 Å². The van der Waals surface area contributed by atoms with E-state index in [1.165, 1.54) is 6.07 Å². The third kappa shape index (κ3) is 2.03. The Balaban J connectivity index is 2.76. The van der Waals surface area contributed by atoms with Gasteiger partial charge < -0.3 is 14.8 Å². The first-order valence-electron chi connectivity index (χ1n) is 5.64. The molecule has 4 nitrogen and oxygen atoms in total. The highest BCUT2D eigenvalue weighted by Crippen LogP contribution is 2.33. The van der Waals surface area contributed by atoms with Gasteiger partial charge in [-0.1, -0.05) is 0 Å². The molecule has 0 bridgehead atoms. The summed E-state index contributed by atoms with van der Waals surface area (Å²) in [4.78, 5) is 10.8. The molecule has 0 amide bonds. The van der Waals surface area contributed by atoms with Gasteiger partial charge in [-0.05, 0) is 25.5 Å². The van der Waals surface area contributed by atoms with Crippen molar-refractivity contribution in [1.82, 2.24) is 4.57 Å². The molecule has 0 saturated heterocycles. The maximum Gasteiger partial charge on any atom is 0.307 e. The van der Waals surface area contributed by atoms with Gasteiger partial charge in [0, 0.05) is 23.7 Å². The van der Waals surface area contributed by atoms with Crippen molar-refractivity contribution in [1.29, 1.82) is 0 Å². The number of rotatable bonds is 3. The largest absolute Gasteiger partial charge is 0.507 e. The van der Waals surface area contributed by atoms with Gasteiger partial charge in [-0.2, -0.15) is 0 Å². The van der Waals surface area contributed by atoms with Crippen molar-refractivity contribution >= 4 is 16.9 Å². The fourth-order valence-electron chi connectivity index (χ4n) is 2.14. The van der Waals surface area contributed by atoms with Crippen molar-refractivity contribution in [3.63, 3.8) is 0 Å². The first kappa shape index (κ1) is 12.4. The van der Waals surface area contributed by atoms with Crippen LogP contribution in [0.2, 0.25) is 0 Å². The normalized spacial score (nSPS) is 11.3. The SMILES string of the molecule is CC(C)n1cc(CC(=O)O)c2c(O)cc(F)cc21. The molecule has 1 aromatic carbocycles. The van der Waals surface area contributed by atoms with Gasteiger partial charge in [0.15, 0.2) is 0 Å². The molecule has 1 heterocycles. The molecule has 0 saturated carbocycles. The molecule has 2 N–H and O–H groups in total. The first-order valence-corrected chi connectivity index (χ1v) is 5.64. The zero-order valence-electron chi connectivity index (χ0n) is 10.1. The molecular weight excluding hydrogens is 237 g/mol. The molecule has 0 radical (unpaired) electrons. The van der Waals surface area contributed by atoms with Crippen LogP contribution in [0.15, 0.2) is 18.3 Å². The van der Waals surface area contributed by atoms with Gasteiger partial charge in [0.1, 0.15) is 11.6 Å². The number of fused-ring (bicyclic) bond motifs is 1. The Hall–Kier alpha value is -2.04. The zero-order chi connectivity index (χ0) is 13.4. The number of nitrogens with zero attached hydrogens (tertiary/aromatic N) is 1. The molecule has 96 valence electrons. The van der Waals surface area contributed by atoms with Crippen LogP contribution in [-0.2, 0) is 11.2 Å². The summed E-state index contributed by atoms with van der Waals surface area (Å²) < 4.78 is 15.1. The quantitative estimate of drug-likeness (QED) is 0.881. The second kappa shape index (κ2) is 4.33. The molecule has 0 fully saturated rings. The fraction of sp³-hybridized carbons (Fsp3) is 0.308. The molecule has 0 aliphatic heterocycles. The van der Waals surface area contributed by atoms with Crippen LogP contribution in [0.25, 0.3) is 10.9 Å². The number of aliphatic carboxylic acids is 1. The predicted octanol–water partition coefficient (Wildman–Crippen LogP) is 2.69. The molecule has 0 unspecified atom stereocenters. The summed E-state index contributed by atoms with van der Waals surface area (Å²) in [6, 6.07) is 2.36. The van der Waals surface area contributed by atoms with E-state index in [1.54, 1.807) is 10.8 Å². The van der Waals surface area contributed by atoms with Gasteiger partial charge in [-0.25, -0.2) is 4.39 Å². The second-order valence-corrected chi connectivity index (χ2v) is 4.54. The Morgan fingerprint density at radius 1 is 1.44 bits per heavy atom. The maximum absolute atomic E-state index is 13.3. The van der Waals surface area contributed by atoms with Gasteiger partial charge >= 0.3 is 5.97 Å². The molecule has 2 rings (SSSR count). The van der Waals surface area contributed by atoms with Crippen LogP contribution >= 0.6 is 0 Å². The van der Waals surface area contributed by atoms with Gasteiger partial charge in [-0.15, -0.1) is 0 Å². The Labute approximate surface area is 103 Å². The lowest BCUT2D eigenvalue weighted by Crippen LogP contribution is -2.00. The van der Waals surface area contributed by atoms with E-state index >= 15 is 0 Å². The van der Waals surface area contributed by atoms with Crippen LogP contribution in [0, 0.1) is 5.82 Å². The highest BCUT2D eigenvalue weighted by Gasteiger charge is 2.17. The summed E-state index contributed by atoms with van der Waals surface area (Å²) in [5.41, 5.74) is 1.00. The second-order valence-electron chi connectivity index (χ2n) is 4.54. The number of aromatic hydroxyl groups is 1. The van der Waals surface area contributed by atoms with Crippen molar-refractivity contribution in [2.45, 2.75) is 26.3 Å². The lowest BCUT2D eigenvalue weighted by atomic mass is 10.1. The Morgan fingerprint density at radius 2 is 2.11 bits per heavy atom. The van der Waals surface area contributed by atoms with Crippen molar-refractivity contribution in [2.75, 3.05) is 0 Å². The minimum atomic E-state index is -0.985. The van der Waals surface area contributed by atoms with E-state index < -0.39 is 11.8 Å². The minimum absolute atomic E-state index is 0.0521. The molecule has 1 aromatic heterocycles. The molecule has 5 heteroatoms. The third-order valence-corrected chi connectivity index (χ3v) is 2.85. The van der Waals surface area contributed by atoms with Gasteiger partial charge in [0.2, 0.25) is 0 Å². The summed E-state index contributed by atoms with van der Waals surface area (Å²) in [6.45, 7) is 3.82. The molecule has 0 aliphatic carbocycles. The molecule has 2 aromatic rings. The number of phenols is 1. The van der Waals surface area contributed by atoms with Crippen LogP contribution < -0.4 is 0 Å². The zero-order valence-corrected chi connectivity index (χ0v) is 10.1. The van der Waals surface area contributed by atoms with Crippen LogP contribution in [0.1, 0.15) is 25.5 Å². The van der Waals surface area contributed by atoms with E-state index in [1.807, 2.05) is 13.8 Å². The van der Waals surface area contributed by atoms with Crippen molar-refractivity contribution in [3.8, 4) is 5.75 Å². The predicted molar refractivity (Wildman–Crippen MR) is 65.3 cm³/mol. The number of benzene rings is 1. The smallest absolute Gasteiger partial charge is 0.307 e. The Kier molecular flexibility index (Phi) is 2.98. The molecule has 0 atom stereocenters. The average Bonchev–Trinajstić information content (AvgIpc) is 2.55. The van der Waals surface area contributed by atoms with E-state index in [2.05, 4.69) is 0 Å². The number of carboxylic acid groups (broad SMARTS) is 1. The number of aromatic nitrogens is 1. The molecule has 0 spiro atoms. The van der Waals surface area contributed by atoms with E-state index in [-0.39, 0.29) is 18.2 Å². The number of carbonyl (C=O) groups is 1. The number of hydrogen-bond acceptors (Lipinski definition) is 2. The standard InChI is InChI=1S/C13H14FNO3/c1-7(2)15-6-8(3-12(17)18)13-10(15)4-9(14)5-11(13)16/h4-7,16H,3H2,1-2H3,(H,17,18). The van der Waals surface area contributed by atoms with E-state index in [0.29, 0.717) is 16.5 Å². The van der Waals surface area contributed by atoms with Crippen LogP contribution in [0.3, 0.4) is 0 Å². The van der Waals surface area contributed by atoms with Gasteiger partial charge in [-0.3, -0.25) is 4.79 Å². The lowest BCUT2D eigenvalue weighted by molar-refractivity contribution is -0.136. The highest BCUT2D eigenvalue weighted by atomic mass is 19.1. The summed E-state index contributed by atoms with van der Waals surface area (Å²) >= 11 is 0. The molecule has 18 heavy (non-hydrogen) atoms. The van der Waals surface area contributed by atoms with E-state index in [4.69, 9.17) is 5.11 Å². The van der Waals surface area contributed by atoms with Crippen LogP contribution in [0.5, 0.6) is 5.75 Å². The van der Waals surface area contributed by atoms with E-state index in [9.17, 15) is 14.3 Å². The van der Waals surface area contributed by atoms with Gasteiger partial charge in [0.25, 0.3) is 0 Å². The Bertz CT molecular complexity index is 616. The first-order chi connectivity index (χ1) is 8.40. The average molecular weight is 251 g/mol. The summed E-state index contributed by atoms with van der Waals surface area (Å²) in [5, 5.41) is 19.1. The number of carboxylic acids is 1. The number of halogens is 1. The van der Waals surface area contributed by atoms with Crippen molar-refractivity contribution < 1.29 is 19.4 Å². The maximum atomic E-state index is 13.3. The van der Waals surface area contributed by atoms with Crippen LogP contribution in [0.4, 0.5) is 4.39 Å². The van der Waals surface area contributed by atoms with Gasteiger partial charge in [0.05, 0.1) is 11.9 Å². The Morgan fingerprint density at radius 3 is 2.67 bits per heavy atom. The minimum Gasteiger partial charge on any atom is -0.507 e. The van der Waals surface area contributed by atoms with Crippen molar-refractivity contribution in [2.24, 2.45) is 0 Å². The summed E-state index contributed by atoms with van der Waals surface area (Å²) in [6.07, 6.45) is 1.46. The molecule has 0 aliphatic rings. The third-order valence-electron chi connectivity index (χ3n) is 2.85. The topological polar surface area (TPSA) is 62.5 Å². The molecular formula is C13H14FNO3. The fourth-order valence-corrected chi connectivity index (χ4v) is 2.14. The van der Waals surface area contributed by atoms with E-state index in [0.717, 1.165) is 6.07 Å². The number of phenolic OH excluding ortho intramolecular Hbond substituents is 1. The lowest BCUT2D eigenvalue weighted by Gasteiger charge is -2.09. The number of hydrogen-bond donors (Lipinski definition) is 2.